The topological polar surface area (TPSA) is 106 Å². The highest BCUT2D eigenvalue weighted by Gasteiger charge is 2.75. The highest BCUT2D eigenvalue weighted by Crippen LogP contribution is 2.58. The Morgan fingerprint density at radius 2 is 1.85 bits per heavy atom. The molecule has 9 heteroatoms. The van der Waals surface area contributed by atoms with Gasteiger partial charge in [-0.2, -0.15) is 0 Å². The SMILES string of the molecule is CC[C@@]12C=CCOC(=O)[C@@H]1[C@H]1C(=O)N(CCO)C3C(=O)N(c4ccc(OC)cc4)CC=C[C@@]31O2. The maximum absolute atomic E-state index is 14.1. The number of cyclic esters (lactones) is 1. The van der Waals surface area contributed by atoms with Crippen LogP contribution in [-0.2, 0) is 23.9 Å². The molecule has 4 aliphatic heterocycles. The van der Waals surface area contributed by atoms with Crippen molar-refractivity contribution >= 4 is 23.5 Å². The van der Waals surface area contributed by atoms with Gasteiger partial charge in [0.2, 0.25) is 5.91 Å². The molecular weight excluding hydrogens is 440 g/mol. The van der Waals surface area contributed by atoms with Crippen LogP contribution in [0.15, 0.2) is 48.6 Å². The molecule has 0 aromatic heterocycles. The number of likely N-dealkylation sites (tertiary alicyclic amines) is 1. The minimum absolute atomic E-state index is 0.0438. The Morgan fingerprint density at radius 1 is 1.09 bits per heavy atom. The van der Waals surface area contributed by atoms with Crippen LogP contribution in [0.3, 0.4) is 0 Å². The van der Waals surface area contributed by atoms with E-state index in [1.165, 1.54) is 4.90 Å². The first-order valence-electron chi connectivity index (χ1n) is 11.5. The number of anilines is 1. The Hall–Kier alpha value is -3.17. The van der Waals surface area contributed by atoms with Crippen LogP contribution >= 0.6 is 0 Å². The van der Waals surface area contributed by atoms with Crippen LogP contribution in [0, 0.1) is 11.8 Å². The number of aliphatic hydroxyl groups excluding tert-OH is 1. The zero-order chi connectivity index (χ0) is 24.1. The van der Waals surface area contributed by atoms with E-state index in [0.29, 0.717) is 17.9 Å². The summed E-state index contributed by atoms with van der Waals surface area (Å²) in [6, 6.07) is 6.05. The average molecular weight is 469 g/mol. The second-order valence-corrected chi connectivity index (χ2v) is 8.96. The molecule has 2 amide bonds. The lowest BCUT2D eigenvalue weighted by molar-refractivity contribution is -0.157. The molecular formula is C25H28N2O7. The molecule has 5 rings (SSSR count). The molecule has 1 spiro atoms. The first-order chi connectivity index (χ1) is 16.4. The molecule has 5 atom stereocenters. The monoisotopic (exact) mass is 468 g/mol. The van der Waals surface area contributed by atoms with Gasteiger partial charge in [-0.05, 0) is 36.8 Å². The molecule has 1 N–H and O–H groups in total. The second kappa shape index (κ2) is 8.25. The lowest BCUT2D eigenvalue weighted by atomic mass is 9.73. The number of esters is 1. The number of β-amino-alcohol motifs (C(OH)–C–C–N with tert-alkyl or cyclic N) is 1. The predicted molar refractivity (Wildman–Crippen MR) is 121 cm³/mol. The first-order valence-corrected chi connectivity index (χ1v) is 11.5. The van der Waals surface area contributed by atoms with Crippen molar-refractivity contribution in [1.82, 2.24) is 4.90 Å². The normalized spacial score (nSPS) is 34.3. The van der Waals surface area contributed by atoms with Crippen LogP contribution in [0.5, 0.6) is 5.75 Å². The van der Waals surface area contributed by atoms with Crippen LogP contribution in [0.1, 0.15) is 13.3 Å². The van der Waals surface area contributed by atoms with Gasteiger partial charge >= 0.3 is 5.97 Å². The van der Waals surface area contributed by atoms with Crippen LogP contribution in [-0.4, -0.2) is 78.4 Å². The molecule has 0 radical (unpaired) electrons. The summed E-state index contributed by atoms with van der Waals surface area (Å²) >= 11 is 0. The fourth-order valence-corrected chi connectivity index (χ4v) is 5.94. The number of hydrogen-bond acceptors (Lipinski definition) is 7. The van der Waals surface area contributed by atoms with Crippen molar-refractivity contribution in [1.29, 1.82) is 0 Å². The molecule has 180 valence electrons. The molecule has 2 fully saturated rings. The average Bonchev–Trinajstić information content (AvgIpc) is 3.11. The van der Waals surface area contributed by atoms with Crippen molar-refractivity contribution in [3.63, 3.8) is 0 Å². The lowest BCUT2D eigenvalue weighted by Gasteiger charge is -2.38. The molecule has 34 heavy (non-hydrogen) atoms. The van der Waals surface area contributed by atoms with Gasteiger partial charge in [-0.3, -0.25) is 14.4 Å². The Balaban J connectivity index is 1.63. The van der Waals surface area contributed by atoms with Crippen molar-refractivity contribution in [3.05, 3.63) is 48.6 Å². The molecule has 4 heterocycles. The fraction of sp³-hybridized carbons (Fsp3) is 0.480. The van der Waals surface area contributed by atoms with Crippen molar-refractivity contribution < 1.29 is 33.7 Å². The lowest BCUT2D eigenvalue weighted by Crippen LogP contribution is -2.56. The molecule has 0 aliphatic carbocycles. The number of carbonyl (C=O) groups excluding carboxylic acids is 3. The van der Waals surface area contributed by atoms with E-state index in [1.54, 1.807) is 54.5 Å². The van der Waals surface area contributed by atoms with Gasteiger partial charge < -0.3 is 29.1 Å². The number of benzene rings is 1. The summed E-state index contributed by atoms with van der Waals surface area (Å²) in [7, 11) is 1.57. The van der Waals surface area contributed by atoms with Gasteiger partial charge in [0, 0.05) is 18.8 Å². The standard InChI is InChI=1S/C25H28N2O7/c1-3-24-10-5-15-33-23(31)19(24)18-21(29)27(13-14-28)20-22(30)26(12-4-11-25(18,20)34-24)16-6-8-17(32-2)9-7-16/h4-11,18-20,28H,3,12-15H2,1-2H3/t18-,19-,20?,24+,25-/m0/s1. The van der Waals surface area contributed by atoms with E-state index in [9.17, 15) is 19.5 Å². The smallest absolute Gasteiger partial charge is 0.313 e. The van der Waals surface area contributed by atoms with Gasteiger partial charge in [0.25, 0.3) is 5.91 Å². The summed E-state index contributed by atoms with van der Waals surface area (Å²) in [5.74, 6) is -2.40. The predicted octanol–water partition coefficient (Wildman–Crippen LogP) is 1.06. The maximum atomic E-state index is 14.1. The summed E-state index contributed by atoms with van der Waals surface area (Å²) in [6.45, 7) is 1.91. The minimum atomic E-state index is -1.36. The summed E-state index contributed by atoms with van der Waals surface area (Å²) in [6.07, 6.45) is 7.56. The molecule has 1 unspecified atom stereocenters. The molecule has 4 aliphatic rings. The number of amides is 2. The van der Waals surface area contributed by atoms with E-state index in [-0.39, 0.29) is 38.1 Å². The molecule has 2 saturated heterocycles. The number of nitrogens with zero attached hydrogens (tertiary/aromatic N) is 2. The quantitative estimate of drug-likeness (QED) is 0.509. The van der Waals surface area contributed by atoms with E-state index in [0.717, 1.165) is 0 Å². The second-order valence-electron chi connectivity index (χ2n) is 8.96. The van der Waals surface area contributed by atoms with Crippen LogP contribution in [0.2, 0.25) is 0 Å². The Morgan fingerprint density at radius 3 is 2.53 bits per heavy atom. The Kier molecular flexibility index (Phi) is 5.49. The van der Waals surface area contributed by atoms with Gasteiger partial charge in [0.1, 0.15) is 35.5 Å². The largest absolute Gasteiger partial charge is 0.497 e. The molecule has 1 aromatic rings. The number of hydrogen-bond donors (Lipinski definition) is 1. The highest BCUT2D eigenvalue weighted by molar-refractivity contribution is 6.05. The third-order valence-corrected chi connectivity index (χ3v) is 7.42. The minimum Gasteiger partial charge on any atom is -0.497 e. The maximum Gasteiger partial charge on any atom is 0.313 e. The summed E-state index contributed by atoms with van der Waals surface area (Å²) < 4.78 is 17.3. The van der Waals surface area contributed by atoms with E-state index >= 15 is 0 Å². The number of ether oxygens (including phenoxy) is 3. The van der Waals surface area contributed by atoms with Crippen molar-refractivity contribution in [2.45, 2.75) is 30.6 Å². The van der Waals surface area contributed by atoms with Gasteiger partial charge in [0.05, 0.1) is 19.6 Å². The molecule has 0 bridgehead atoms. The van der Waals surface area contributed by atoms with Gasteiger partial charge in [-0.15, -0.1) is 0 Å². The summed E-state index contributed by atoms with van der Waals surface area (Å²) in [5.41, 5.74) is -1.77. The van der Waals surface area contributed by atoms with Crippen LogP contribution in [0.4, 0.5) is 5.69 Å². The third kappa shape index (κ3) is 3.03. The number of aliphatic hydroxyl groups is 1. The number of methoxy groups -OCH3 is 1. The zero-order valence-corrected chi connectivity index (χ0v) is 19.2. The molecule has 0 saturated carbocycles. The van der Waals surface area contributed by atoms with E-state index < -0.39 is 35.0 Å². The van der Waals surface area contributed by atoms with Crippen molar-refractivity contribution in [3.8, 4) is 5.75 Å². The number of fused-ring (bicyclic) bond motifs is 2. The van der Waals surface area contributed by atoms with Crippen molar-refractivity contribution in [2.24, 2.45) is 11.8 Å². The number of rotatable bonds is 5. The van der Waals surface area contributed by atoms with Crippen LogP contribution in [0.25, 0.3) is 0 Å². The molecule has 1 aromatic carbocycles. The van der Waals surface area contributed by atoms with Gasteiger partial charge in [-0.25, -0.2) is 0 Å². The van der Waals surface area contributed by atoms with Gasteiger partial charge in [-0.1, -0.05) is 25.2 Å². The van der Waals surface area contributed by atoms with E-state index in [4.69, 9.17) is 14.2 Å². The van der Waals surface area contributed by atoms with Crippen molar-refractivity contribution in [2.75, 3.05) is 38.3 Å². The Bertz CT molecular complexity index is 1070. The fourth-order valence-electron chi connectivity index (χ4n) is 5.94. The summed E-state index contributed by atoms with van der Waals surface area (Å²) in [4.78, 5) is 43.9. The van der Waals surface area contributed by atoms with E-state index in [1.807, 2.05) is 13.0 Å². The first kappa shape index (κ1) is 22.6. The van der Waals surface area contributed by atoms with E-state index in [2.05, 4.69) is 0 Å². The zero-order valence-electron chi connectivity index (χ0n) is 19.2. The van der Waals surface area contributed by atoms with Crippen LogP contribution < -0.4 is 9.64 Å². The molecule has 9 nitrogen and oxygen atoms in total. The Labute approximate surface area is 197 Å². The highest BCUT2D eigenvalue weighted by atomic mass is 16.6. The third-order valence-electron chi connectivity index (χ3n) is 7.42. The summed E-state index contributed by atoms with van der Waals surface area (Å²) in [5, 5.41) is 9.72. The number of carbonyl (C=O) groups is 3. The van der Waals surface area contributed by atoms with Gasteiger partial charge in [0.15, 0.2) is 0 Å².